The van der Waals surface area contributed by atoms with E-state index in [-0.39, 0.29) is 13.5 Å². The van der Waals surface area contributed by atoms with Crippen LogP contribution in [0.4, 0.5) is 10.7 Å². The number of carbonyl (C=O) groups excluding carboxylic acids is 1. The average Bonchev–Trinajstić information content (AvgIpc) is 3.58. The molecule has 1 aliphatic carbocycles. The Labute approximate surface area is 200 Å². The summed E-state index contributed by atoms with van der Waals surface area (Å²) in [6, 6.07) is 4.90. The predicted molar refractivity (Wildman–Crippen MR) is 131 cm³/mol. The van der Waals surface area contributed by atoms with Gasteiger partial charge in [-0.25, -0.2) is 24.7 Å². The topological polar surface area (TPSA) is 92.1 Å². The summed E-state index contributed by atoms with van der Waals surface area (Å²) >= 11 is 0. The van der Waals surface area contributed by atoms with Crippen LogP contribution in [0.2, 0.25) is 0 Å². The van der Waals surface area contributed by atoms with Crippen molar-refractivity contribution in [1.82, 2.24) is 34.7 Å². The first-order valence-corrected chi connectivity index (χ1v) is 12.7. The lowest BCUT2D eigenvalue weighted by atomic mass is 9.83. The molecule has 9 heteroatoms. The van der Waals surface area contributed by atoms with Crippen molar-refractivity contribution in [2.45, 2.75) is 57.0 Å². The van der Waals surface area contributed by atoms with Crippen LogP contribution in [0.5, 0.6) is 0 Å². The zero-order chi connectivity index (χ0) is 22.6. The van der Waals surface area contributed by atoms with Crippen LogP contribution in [0.3, 0.4) is 0 Å². The molecule has 2 atom stereocenters. The molecule has 7 rings (SSSR count). The van der Waals surface area contributed by atoms with Crippen LogP contribution >= 0.6 is 0 Å². The lowest BCUT2D eigenvalue weighted by molar-refractivity contribution is 0.197. The molecular weight excluding hydrogens is 428 g/mol. The molecule has 34 heavy (non-hydrogen) atoms. The highest BCUT2D eigenvalue weighted by Gasteiger charge is 2.36. The number of rotatable bonds is 3. The first kappa shape index (κ1) is 20.2. The van der Waals surface area contributed by atoms with Gasteiger partial charge in [0.15, 0.2) is 5.65 Å². The van der Waals surface area contributed by atoms with Crippen LogP contribution < -0.4 is 10.2 Å². The van der Waals surface area contributed by atoms with Gasteiger partial charge in [0, 0.05) is 58.0 Å². The molecule has 0 radical (unpaired) electrons. The highest BCUT2D eigenvalue weighted by Crippen LogP contribution is 2.41. The minimum atomic E-state index is 0. The molecule has 1 unspecified atom stereocenters. The van der Waals surface area contributed by atoms with Crippen molar-refractivity contribution in [2.75, 3.05) is 31.1 Å². The third kappa shape index (κ3) is 3.24. The second-order valence-corrected chi connectivity index (χ2v) is 10.2. The van der Waals surface area contributed by atoms with Gasteiger partial charge in [-0.05, 0) is 37.3 Å². The molecule has 2 amide bonds. The molecule has 3 aromatic heterocycles. The zero-order valence-electron chi connectivity index (χ0n) is 19.4. The first-order valence-electron chi connectivity index (χ1n) is 12.7. The number of fused-ring (bicyclic) bond motifs is 4. The standard InChI is InChI=1S/C25H30N8O.H2/c34-25-28-14-18-15-31(10-11-32(18)25)24-26-12-17(13-27-24)19-6-7-20-23(30-19)33-21(8-9-22(33)29-20)16-4-2-1-3-5-16;/h6-7,12-13,16,18,21H,1-5,8-11,14-15H2,(H,28,34);1H/t18?,21-;/m1./s1. The van der Waals surface area contributed by atoms with Crippen molar-refractivity contribution in [2.24, 2.45) is 5.92 Å². The van der Waals surface area contributed by atoms with E-state index in [1.165, 1.54) is 44.3 Å². The Morgan fingerprint density at radius 1 is 1.00 bits per heavy atom. The van der Waals surface area contributed by atoms with E-state index in [4.69, 9.17) is 9.97 Å². The third-order valence-corrected chi connectivity index (χ3v) is 8.25. The minimum Gasteiger partial charge on any atom is -0.337 e. The summed E-state index contributed by atoms with van der Waals surface area (Å²) in [5, 5.41) is 2.92. The first-order chi connectivity index (χ1) is 16.7. The van der Waals surface area contributed by atoms with Gasteiger partial charge in [-0.15, -0.1) is 0 Å². The molecule has 3 fully saturated rings. The quantitative estimate of drug-likeness (QED) is 0.644. The van der Waals surface area contributed by atoms with Gasteiger partial charge in [-0.3, -0.25) is 0 Å². The van der Waals surface area contributed by atoms with Gasteiger partial charge in [0.05, 0.1) is 11.7 Å². The number of aromatic nitrogens is 5. The second kappa shape index (κ2) is 7.92. The maximum absolute atomic E-state index is 11.9. The van der Waals surface area contributed by atoms with Gasteiger partial charge in [-0.1, -0.05) is 19.3 Å². The molecule has 178 valence electrons. The Morgan fingerprint density at radius 2 is 1.85 bits per heavy atom. The van der Waals surface area contributed by atoms with Crippen molar-refractivity contribution < 1.29 is 6.22 Å². The average molecular weight is 461 g/mol. The summed E-state index contributed by atoms with van der Waals surface area (Å²) in [5.41, 5.74) is 3.82. The fourth-order valence-corrected chi connectivity index (χ4v) is 6.48. The number of carbonyl (C=O) groups is 1. The lowest BCUT2D eigenvalue weighted by Crippen LogP contribution is -2.52. The fraction of sp³-hybridized carbons (Fsp3) is 0.560. The summed E-state index contributed by atoms with van der Waals surface area (Å²) in [6.07, 6.45) is 12.8. The number of aryl methyl sites for hydroxylation is 1. The molecule has 1 N–H and O–H groups in total. The number of nitrogens with zero attached hydrogens (tertiary/aromatic N) is 7. The predicted octanol–water partition coefficient (Wildman–Crippen LogP) is 3.42. The number of pyridine rings is 1. The summed E-state index contributed by atoms with van der Waals surface area (Å²) in [6.45, 7) is 2.90. The van der Waals surface area contributed by atoms with Crippen LogP contribution in [-0.4, -0.2) is 67.7 Å². The summed E-state index contributed by atoms with van der Waals surface area (Å²) < 4.78 is 2.44. The third-order valence-electron chi connectivity index (χ3n) is 8.25. The number of hydrogen-bond donors (Lipinski definition) is 1. The Kier molecular flexibility index (Phi) is 4.70. The van der Waals surface area contributed by atoms with E-state index in [9.17, 15) is 4.79 Å². The van der Waals surface area contributed by atoms with Crippen LogP contribution in [0.15, 0.2) is 24.5 Å². The van der Waals surface area contributed by atoms with Crippen LogP contribution in [0.1, 0.15) is 51.8 Å². The minimum absolute atomic E-state index is 0. The molecular formula is C25H32N8O. The number of urea groups is 1. The van der Waals surface area contributed by atoms with Gasteiger partial charge in [0.2, 0.25) is 5.95 Å². The summed E-state index contributed by atoms with van der Waals surface area (Å²) in [7, 11) is 0. The van der Waals surface area contributed by atoms with Crippen molar-refractivity contribution in [3.05, 3.63) is 30.4 Å². The molecule has 0 spiro atoms. The SMILES string of the molecule is O=C1NCC2CN(c3ncc(-c4ccc5nc6n(c5n4)[C@@H](C4CCCCC4)CC6)cn3)CCN12.[HH]. The molecule has 3 aromatic rings. The zero-order valence-corrected chi connectivity index (χ0v) is 19.4. The Balaban J connectivity index is 0.00000229. The normalized spacial score (nSPS) is 25.0. The van der Waals surface area contributed by atoms with Crippen LogP contribution in [-0.2, 0) is 6.42 Å². The maximum atomic E-state index is 11.9. The number of imidazole rings is 1. The molecule has 0 bridgehead atoms. The van der Waals surface area contributed by atoms with Crippen LogP contribution in [0, 0.1) is 5.92 Å². The Bertz CT molecular complexity index is 1240. The molecule has 4 aliphatic rings. The molecule has 1 saturated carbocycles. The van der Waals surface area contributed by atoms with Gasteiger partial charge in [0.25, 0.3) is 0 Å². The Morgan fingerprint density at radius 3 is 2.71 bits per heavy atom. The van der Waals surface area contributed by atoms with E-state index >= 15 is 0 Å². The highest BCUT2D eigenvalue weighted by atomic mass is 16.2. The van der Waals surface area contributed by atoms with E-state index in [2.05, 4.69) is 30.8 Å². The van der Waals surface area contributed by atoms with E-state index in [0.717, 1.165) is 47.8 Å². The highest BCUT2D eigenvalue weighted by molar-refractivity contribution is 5.78. The number of anilines is 1. The lowest BCUT2D eigenvalue weighted by Gasteiger charge is -2.36. The number of nitrogens with one attached hydrogen (secondary N) is 1. The van der Waals surface area contributed by atoms with Gasteiger partial charge in [0.1, 0.15) is 11.3 Å². The largest absolute Gasteiger partial charge is 0.337 e. The van der Waals surface area contributed by atoms with Gasteiger partial charge < -0.3 is 19.7 Å². The molecule has 9 nitrogen and oxygen atoms in total. The smallest absolute Gasteiger partial charge is 0.317 e. The number of piperazine rings is 1. The molecule has 0 aromatic carbocycles. The van der Waals surface area contributed by atoms with E-state index in [0.29, 0.717) is 25.1 Å². The van der Waals surface area contributed by atoms with Gasteiger partial charge >= 0.3 is 6.03 Å². The van der Waals surface area contributed by atoms with Gasteiger partial charge in [-0.2, -0.15) is 0 Å². The maximum Gasteiger partial charge on any atom is 0.317 e. The molecule has 3 aliphatic heterocycles. The van der Waals surface area contributed by atoms with Crippen molar-refractivity contribution in [3.8, 4) is 11.3 Å². The summed E-state index contributed by atoms with van der Waals surface area (Å²) in [5.74, 6) is 2.67. The number of hydrogen-bond acceptors (Lipinski definition) is 6. The van der Waals surface area contributed by atoms with Crippen molar-refractivity contribution in [1.29, 1.82) is 0 Å². The van der Waals surface area contributed by atoms with E-state index in [1.54, 1.807) is 0 Å². The van der Waals surface area contributed by atoms with Crippen molar-refractivity contribution in [3.63, 3.8) is 0 Å². The monoisotopic (exact) mass is 460 g/mol. The molecule has 6 heterocycles. The number of amides is 2. The second-order valence-electron chi connectivity index (χ2n) is 10.2. The summed E-state index contributed by atoms with van der Waals surface area (Å²) in [4.78, 5) is 35.3. The fourth-order valence-electron chi connectivity index (χ4n) is 6.48. The molecule has 2 saturated heterocycles. The van der Waals surface area contributed by atoms with Crippen molar-refractivity contribution >= 4 is 23.1 Å². The van der Waals surface area contributed by atoms with Crippen LogP contribution in [0.25, 0.3) is 22.4 Å². The van der Waals surface area contributed by atoms with E-state index < -0.39 is 0 Å². The Hall–Kier alpha value is -3.23. The van der Waals surface area contributed by atoms with E-state index in [1.807, 2.05) is 23.4 Å².